The Morgan fingerprint density at radius 2 is 1.97 bits per heavy atom. The van der Waals surface area contributed by atoms with Crippen molar-refractivity contribution in [2.24, 2.45) is 0 Å². The van der Waals surface area contributed by atoms with Crippen LogP contribution >= 0.6 is 11.6 Å². The summed E-state index contributed by atoms with van der Waals surface area (Å²) in [6, 6.07) is 11.2. The molecule has 1 unspecified atom stereocenters. The summed E-state index contributed by atoms with van der Waals surface area (Å²) in [7, 11) is 3.21. The third-order valence-electron chi connectivity index (χ3n) is 5.67. The topological polar surface area (TPSA) is 65.4 Å². The smallest absolute Gasteiger partial charge is 0.255 e. The van der Waals surface area contributed by atoms with Crippen LogP contribution in [-0.4, -0.2) is 29.9 Å². The molecular formula is C24H26ClN3O3. The normalized spacial score (nSPS) is 14.2. The number of hydrogen-bond acceptors (Lipinski definition) is 4. The Kier molecular flexibility index (Phi) is 5.92. The molecule has 0 spiro atoms. The molecule has 0 saturated heterocycles. The zero-order valence-electron chi connectivity index (χ0n) is 18.1. The van der Waals surface area contributed by atoms with Crippen LogP contribution in [0.4, 0.5) is 0 Å². The van der Waals surface area contributed by atoms with Crippen molar-refractivity contribution in [1.29, 1.82) is 0 Å². The second-order valence-electron chi connectivity index (χ2n) is 7.87. The second kappa shape index (κ2) is 8.63. The highest BCUT2D eigenvalue weighted by molar-refractivity contribution is 6.31. The summed E-state index contributed by atoms with van der Waals surface area (Å²) >= 11 is 6.33. The molecule has 7 heteroatoms. The molecule has 1 fully saturated rings. The fraction of sp³-hybridized carbons (Fsp3) is 0.333. The van der Waals surface area contributed by atoms with Gasteiger partial charge in [-0.05, 0) is 56.5 Å². The summed E-state index contributed by atoms with van der Waals surface area (Å²) in [6.07, 6.45) is 3.75. The third kappa shape index (κ3) is 4.26. The molecule has 1 aliphatic rings. The maximum absolute atomic E-state index is 13.2. The van der Waals surface area contributed by atoms with Crippen LogP contribution in [0.5, 0.6) is 11.5 Å². The van der Waals surface area contributed by atoms with Gasteiger partial charge in [0, 0.05) is 22.6 Å². The molecule has 2 aromatic carbocycles. The number of hydrogen-bond donors (Lipinski definition) is 1. The summed E-state index contributed by atoms with van der Waals surface area (Å²) in [4.78, 5) is 13.2. The highest BCUT2D eigenvalue weighted by Crippen LogP contribution is 2.43. The minimum absolute atomic E-state index is 0.156. The molecule has 1 atom stereocenters. The van der Waals surface area contributed by atoms with Gasteiger partial charge in [-0.2, -0.15) is 5.10 Å². The van der Waals surface area contributed by atoms with E-state index in [9.17, 15) is 4.79 Å². The van der Waals surface area contributed by atoms with Crippen LogP contribution in [0.3, 0.4) is 0 Å². The molecule has 162 valence electrons. The first kappa shape index (κ1) is 21.2. The molecule has 1 amide bonds. The number of amides is 1. The largest absolute Gasteiger partial charge is 0.497 e. The van der Waals surface area contributed by atoms with Gasteiger partial charge in [-0.25, -0.2) is 4.68 Å². The van der Waals surface area contributed by atoms with E-state index in [0.29, 0.717) is 28.0 Å². The first-order chi connectivity index (χ1) is 14.9. The number of nitrogens with one attached hydrogen (secondary N) is 1. The van der Waals surface area contributed by atoms with Gasteiger partial charge in [0.05, 0.1) is 43.4 Å². The molecule has 31 heavy (non-hydrogen) atoms. The Balaban J connectivity index is 1.62. The first-order valence-electron chi connectivity index (χ1n) is 10.3. The highest BCUT2D eigenvalue weighted by Gasteiger charge is 2.33. The molecule has 1 heterocycles. The van der Waals surface area contributed by atoms with Gasteiger partial charge in [0.15, 0.2) is 0 Å². The Bertz CT molecular complexity index is 1120. The zero-order chi connectivity index (χ0) is 22.1. The van der Waals surface area contributed by atoms with E-state index in [1.165, 1.54) is 0 Å². The van der Waals surface area contributed by atoms with E-state index in [0.717, 1.165) is 35.3 Å². The van der Waals surface area contributed by atoms with Crippen LogP contribution < -0.4 is 14.8 Å². The van der Waals surface area contributed by atoms with Gasteiger partial charge < -0.3 is 14.8 Å². The van der Waals surface area contributed by atoms with E-state index in [2.05, 4.69) is 10.4 Å². The maximum atomic E-state index is 13.2. The molecule has 0 aliphatic heterocycles. The summed E-state index contributed by atoms with van der Waals surface area (Å²) < 4.78 is 12.6. The summed E-state index contributed by atoms with van der Waals surface area (Å²) in [5.74, 6) is 1.54. The Morgan fingerprint density at radius 1 is 1.19 bits per heavy atom. The van der Waals surface area contributed by atoms with Crippen LogP contribution in [-0.2, 0) is 0 Å². The molecule has 1 saturated carbocycles. The predicted molar refractivity (Wildman–Crippen MR) is 121 cm³/mol. The number of benzene rings is 2. The molecule has 4 rings (SSSR count). The number of ether oxygens (including phenoxy) is 2. The van der Waals surface area contributed by atoms with Gasteiger partial charge in [-0.1, -0.05) is 17.7 Å². The molecular weight excluding hydrogens is 414 g/mol. The number of halogens is 1. The average Bonchev–Trinajstić information content (AvgIpc) is 3.52. The second-order valence-corrected chi connectivity index (χ2v) is 8.27. The lowest BCUT2D eigenvalue weighted by molar-refractivity contribution is 0.0938. The molecule has 0 bridgehead atoms. The zero-order valence-corrected chi connectivity index (χ0v) is 18.9. The number of carbonyl (C=O) groups excluding carboxylic acids is 1. The number of rotatable bonds is 7. The van der Waals surface area contributed by atoms with Gasteiger partial charge >= 0.3 is 0 Å². The van der Waals surface area contributed by atoms with Crippen LogP contribution in [0.25, 0.3) is 5.69 Å². The highest BCUT2D eigenvalue weighted by atomic mass is 35.5. The first-order valence-corrected chi connectivity index (χ1v) is 10.7. The van der Waals surface area contributed by atoms with Crippen molar-refractivity contribution >= 4 is 17.5 Å². The van der Waals surface area contributed by atoms with Crippen LogP contribution in [0.2, 0.25) is 5.02 Å². The Morgan fingerprint density at radius 3 is 2.61 bits per heavy atom. The van der Waals surface area contributed by atoms with Gasteiger partial charge in [0.1, 0.15) is 11.5 Å². The van der Waals surface area contributed by atoms with Crippen molar-refractivity contribution in [1.82, 2.24) is 15.1 Å². The SMILES string of the molecule is COc1ccc(C(C)NC(=O)c2cnn(-c3ccc(C)c(Cl)c3)c2C2CC2)c(OC)c1. The number of carbonyl (C=O) groups is 1. The van der Waals surface area contributed by atoms with E-state index >= 15 is 0 Å². The van der Waals surface area contributed by atoms with E-state index in [1.54, 1.807) is 20.4 Å². The number of aromatic nitrogens is 2. The standard InChI is InChI=1S/C24H26ClN3O3/c1-14-5-8-17(11-21(14)25)28-23(16-6-7-16)20(13-26-28)24(29)27-15(2)19-10-9-18(30-3)12-22(19)31-4/h5,8-13,15-16H,6-7H2,1-4H3,(H,27,29). The summed E-state index contributed by atoms with van der Waals surface area (Å²) in [5.41, 5.74) is 4.28. The van der Waals surface area contributed by atoms with Crippen molar-refractivity contribution < 1.29 is 14.3 Å². The molecule has 6 nitrogen and oxygen atoms in total. The van der Waals surface area contributed by atoms with E-state index in [1.807, 2.05) is 54.9 Å². The lowest BCUT2D eigenvalue weighted by Crippen LogP contribution is -2.27. The lowest BCUT2D eigenvalue weighted by atomic mass is 10.1. The van der Waals surface area contributed by atoms with Gasteiger partial charge in [-0.15, -0.1) is 0 Å². The van der Waals surface area contributed by atoms with Crippen LogP contribution in [0.15, 0.2) is 42.6 Å². The van der Waals surface area contributed by atoms with E-state index in [4.69, 9.17) is 21.1 Å². The van der Waals surface area contributed by atoms with Crippen LogP contribution in [0, 0.1) is 6.92 Å². The molecule has 3 aromatic rings. The molecule has 1 aliphatic carbocycles. The minimum atomic E-state index is -0.252. The number of aryl methyl sites for hydroxylation is 1. The average molecular weight is 440 g/mol. The third-order valence-corrected chi connectivity index (χ3v) is 6.08. The van der Waals surface area contributed by atoms with Crippen molar-refractivity contribution in [3.8, 4) is 17.2 Å². The van der Waals surface area contributed by atoms with E-state index < -0.39 is 0 Å². The summed E-state index contributed by atoms with van der Waals surface area (Å²) in [5, 5.41) is 8.31. The van der Waals surface area contributed by atoms with Crippen molar-refractivity contribution in [2.45, 2.75) is 38.6 Å². The minimum Gasteiger partial charge on any atom is -0.497 e. The number of methoxy groups -OCH3 is 2. The van der Waals surface area contributed by atoms with Crippen molar-refractivity contribution in [2.75, 3.05) is 14.2 Å². The lowest BCUT2D eigenvalue weighted by Gasteiger charge is -2.18. The van der Waals surface area contributed by atoms with Gasteiger partial charge in [0.25, 0.3) is 5.91 Å². The van der Waals surface area contributed by atoms with Gasteiger partial charge in [0.2, 0.25) is 0 Å². The maximum Gasteiger partial charge on any atom is 0.255 e. The molecule has 1 N–H and O–H groups in total. The Labute approximate surface area is 187 Å². The summed E-state index contributed by atoms with van der Waals surface area (Å²) in [6.45, 7) is 3.90. The monoisotopic (exact) mass is 439 g/mol. The van der Waals surface area contributed by atoms with E-state index in [-0.39, 0.29) is 11.9 Å². The predicted octanol–water partition coefficient (Wildman–Crippen LogP) is 5.22. The van der Waals surface area contributed by atoms with Crippen molar-refractivity contribution in [3.63, 3.8) is 0 Å². The molecule has 0 radical (unpaired) electrons. The van der Waals surface area contributed by atoms with Crippen LogP contribution in [0.1, 0.15) is 58.9 Å². The van der Waals surface area contributed by atoms with Gasteiger partial charge in [-0.3, -0.25) is 4.79 Å². The Hall–Kier alpha value is -2.99. The number of nitrogens with zero attached hydrogens (tertiary/aromatic N) is 2. The van der Waals surface area contributed by atoms with Crippen molar-refractivity contribution in [3.05, 3.63) is 70.0 Å². The quantitative estimate of drug-likeness (QED) is 0.548. The fourth-order valence-electron chi connectivity index (χ4n) is 3.73. The molecule has 1 aromatic heterocycles. The fourth-order valence-corrected chi connectivity index (χ4v) is 3.90.